The lowest BCUT2D eigenvalue weighted by Gasteiger charge is -2.09. The molecule has 0 rings (SSSR count). The van der Waals surface area contributed by atoms with Gasteiger partial charge in [0.05, 0.1) is 6.61 Å². The van der Waals surface area contributed by atoms with Crippen molar-refractivity contribution in [1.29, 1.82) is 0 Å². The van der Waals surface area contributed by atoms with Crippen LogP contribution in [-0.2, 0) is 9.53 Å². The summed E-state index contributed by atoms with van der Waals surface area (Å²) in [6, 6.07) is -0.153. The molecule has 0 aliphatic carbocycles. The molecular formula is C8H17NO3. The van der Waals surface area contributed by atoms with Crippen LogP contribution in [0.3, 0.4) is 0 Å². The van der Waals surface area contributed by atoms with E-state index in [0.717, 1.165) is 6.42 Å². The quantitative estimate of drug-likeness (QED) is 0.555. The van der Waals surface area contributed by atoms with E-state index in [2.05, 4.69) is 5.32 Å². The molecule has 4 heteroatoms. The van der Waals surface area contributed by atoms with Crippen molar-refractivity contribution in [3.63, 3.8) is 0 Å². The zero-order valence-electron chi connectivity index (χ0n) is 7.67. The molecule has 0 aromatic heterocycles. The normalized spacial score (nSPS) is 12.6. The molecule has 0 heterocycles. The summed E-state index contributed by atoms with van der Waals surface area (Å²) in [5.74, 6) is -0.0337. The van der Waals surface area contributed by atoms with Crippen molar-refractivity contribution in [1.82, 2.24) is 5.32 Å². The Morgan fingerprint density at radius 1 is 1.67 bits per heavy atom. The summed E-state index contributed by atoms with van der Waals surface area (Å²) in [5, 5.41) is 11.3. The van der Waals surface area contributed by atoms with Gasteiger partial charge in [0, 0.05) is 26.2 Å². The fourth-order valence-corrected chi connectivity index (χ4v) is 0.770. The highest BCUT2D eigenvalue weighted by molar-refractivity contribution is 5.76. The van der Waals surface area contributed by atoms with Crippen LogP contribution in [-0.4, -0.2) is 37.4 Å². The molecule has 0 radical (unpaired) electrons. The van der Waals surface area contributed by atoms with Gasteiger partial charge < -0.3 is 15.2 Å². The van der Waals surface area contributed by atoms with Crippen molar-refractivity contribution in [3.05, 3.63) is 0 Å². The van der Waals surface area contributed by atoms with Gasteiger partial charge in [-0.05, 0) is 13.3 Å². The SMILES string of the molecule is COCCCC(=O)NC(C)CO. The Hall–Kier alpha value is -0.610. The summed E-state index contributed by atoms with van der Waals surface area (Å²) < 4.78 is 4.79. The van der Waals surface area contributed by atoms with E-state index in [1.165, 1.54) is 0 Å². The second kappa shape index (κ2) is 7.06. The van der Waals surface area contributed by atoms with Crippen LogP contribution in [0.2, 0.25) is 0 Å². The summed E-state index contributed by atoms with van der Waals surface area (Å²) in [5.41, 5.74) is 0. The molecule has 0 bridgehead atoms. The van der Waals surface area contributed by atoms with Crippen molar-refractivity contribution in [2.24, 2.45) is 0 Å². The number of nitrogens with one attached hydrogen (secondary N) is 1. The van der Waals surface area contributed by atoms with E-state index in [-0.39, 0.29) is 18.6 Å². The Balaban J connectivity index is 3.33. The van der Waals surface area contributed by atoms with E-state index in [1.54, 1.807) is 14.0 Å². The van der Waals surface area contributed by atoms with E-state index in [9.17, 15) is 4.79 Å². The summed E-state index contributed by atoms with van der Waals surface area (Å²) in [7, 11) is 1.61. The Bertz CT molecular complexity index is 127. The fourth-order valence-electron chi connectivity index (χ4n) is 0.770. The average Bonchev–Trinajstić information content (AvgIpc) is 2.05. The lowest BCUT2D eigenvalue weighted by Crippen LogP contribution is -2.34. The second-order valence-electron chi connectivity index (χ2n) is 2.75. The van der Waals surface area contributed by atoms with Crippen LogP contribution in [0.1, 0.15) is 19.8 Å². The fraction of sp³-hybridized carbons (Fsp3) is 0.875. The average molecular weight is 175 g/mol. The first-order valence-corrected chi connectivity index (χ1v) is 4.10. The highest BCUT2D eigenvalue weighted by Gasteiger charge is 2.04. The number of aliphatic hydroxyl groups excluding tert-OH is 1. The van der Waals surface area contributed by atoms with Crippen LogP contribution in [0, 0.1) is 0 Å². The second-order valence-corrected chi connectivity index (χ2v) is 2.75. The molecule has 4 nitrogen and oxygen atoms in total. The summed E-state index contributed by atoms with van der Waals surface area (Å²) in [6.07, 6.45) is 1.18. The molecule has 0 saturated heterocycles. The van der Waals surface area contributed by atoms with Crippen molar-refractivity contribution < 1.29 is 14.6 Å². The molecular weight excluding hydrogens is 158 g/mol. The molecule has 2 N–H and O–H groups in total. The standard InChI is InChI=1S/C8H17NO3/c1-7(6-10)9-8(11)4-3-5-12-2/h7,10H,3-6H2,1-2H3,(H,9,11). The minimum Gasteiger partial charge on any atom is -0.394 e. The predicted molar refractivity (Wildman–Crippen MR) is 45.8 cm³/mol. The van der Waals surface area contributed by atoms with Crippen LogP contribution in [0.15, 0.2) is 0 Å². The number of ether oxygens (including phenoxy) is 1. The number of carbonyl (C=O) groups is 1. The van der Waals surface area contributed by atoms with E-state index in [0.29, 0.717) is 13.0 Å². The van der Waals surface area contributed by atoms with E-state index in [4.69, 9.17) is 9.84 Å². The molecule has 0 aromatic carbocycles. The molecule has 72 valence electrons. The summed E-state index contributed by atoms with van der Waals surface area (Å²) in [4.78, 5) is 11.0. The van der Waals surface area contributed by atoms with Crippen molar-refractivity contribution >= 4 is 5.91 Å². The maximum absolute atomic E-state index is 11.0. The van der Waals surface area contributed by atoms with Crippen molar-refractivity contribution in [2.45, 2.75) is 25.8 Å². The molecule has 0 fully saturated rings. The minimum atomic E-state index is -0.153. The smallest absolute Gasteiger partial charge is 0.220 e. The first-order valence-electron chi connectivity index (χ1n) is 4.10. The topological polar surface area (TPSA) is 58.6 Å². The molecule has 0 aliphatic heterocycles. The molecule has 0 spiro atoms. The number of hydrogen-bond acceptors (Lipinski definition) is 3. The minimum absolute atomic E-state index is 0.0178. The van der Waals surface area contributed by atoms with Gasteiger partial charge in [0.25, 0.3) is 0 Å². The van der Waals surface area contributed by atoms with Crippen molar-refractivity contribution in [3.8, 4) is 0 Å². The lowest BCUT2D eigenvalue weighted by atomic mass is 10.3. The highest BCUT2D eigenvalue weighted by Crippen LogP contribution is 1.90. The van der Waals surface area contributed by atoms with Crippen LogP contribution in [0.5, 0.6) is 0 Å². The van der Waals surface area contributed by atoms with Crippen molar-refractivity contribution in [2.75, 3.05) is 20.3 Å². The molecule has 1 unspecified atom stereocenters. The van der Waals surface area contributed by atoms with E-state index in [1.807, 2.05) is 0 Å². The maximum atomic E-state index is 11.0. The van der Waals surface area contributed by atoms with Gasteiger partial charge in [0.2, 0.25) is 5.91 Å². The monoisotopic (exact) mass is 175 g/mol. The van der Waals surface area contributed by atoms with Crippen LogP contribution < -0.4 is 5.32 Å². The molecule has 1 amide bonds. The van der Waals surface area contributed by atoms with E-state index >= 15 is 0 Å². The number of hydrogen-bond donors (Lipinski definition) is 2. The summed E-state index contributed by atoms with van der Waals surface area (Å²) in [6.45, 7) is 2.34. The summed E-state index contributed by atoms with van der Waals surface area (Å²) >= 11 is 0. The Labute approximate surface area is 72.9 Å². The Morgan fingerprint density at radius 2 is 2.33 bits per heavy atom. The Morgan fingerprint density at radius 3 is 2.83 bits per heavy atom. The zero-order valence-corrected chi connectivity index (χ0v) is 7.67. The molecule has 1 atom stereocenters. The van der Waals surface area contributed by atoms with Gasteiger partial charge in [-0.15, -0.1) is 0 Å². The first-order chi connectivity index (χ1) is 5.70. The third-order valence-electron chi connectivity index (χ3n) is 1.43. The molecule has 0 aromatic rings. The van der Waals surface area contributed by atoms with Gasteiger partial charge in [0.15, 0.2) is 0 Å². The first kappa shape index (κ1) is 11.4. The zero-order chi connectivity index (χ0) is 9.40. The Kier molecular flexibility index (Phi) is 6.70. The molecule has 0 saturated carbocycles. The van der Waals surface area contributed by atoms with Gasteiger partial charge >= 0.3 is 0 Å². The maximum Gasteiger partial charge on any atom is 0.220 e. The molecule has 12 heavy (non-hydrogen) atoms. The number of aliphatic hydroxyl groups is 1. The van der Waals surface area contributed by atoms with Crippen LogP contribution in [0.4, 0.5) is 0 Å². The van der Waals surface area contributed by atoms with Gasteiger partial charge in [-0.2, -0.15) is 0 Å². The predicted octanol–water partition coefficient (Wildman–Crippen LogP) is -0.0900. The number of methoxy groups -OCH3 is 1. The number of carbonyl (C=O) groups excluding carboxylic acids is 1. The number of amides is 1. The van der Waals surface area contributed by atoms with E-state index < -0.39 is 0 Å². The van der Waals surface area contributed by atoms with Gasteiger partial charge in [0.1, 0.15) is 0 Å². The third kappa shape index (κ3) is 6.12. The number of rotatable bonds is 6. The third-order valence-corrected chi connectivity index (χ3v) is 1.43. The van der Waals surface area contributed by atoms with Crippen LogP contribution in [0.25, 0.3) is 0 Å². The van der Waals surface area contributed by atoms with Gasteiger partial charge in [-0.1, -0.05) is 0 Å². The largest absolute Gasteiger partial charge is 0.394 e. The molecule has 0 aliphatic rings. The van der Waals surface area contributed by atoms with Gasteiger partial charge in [-0.25, -0.2) is 0 Å². The highest BCUT2D eigenvalue weighted by atomic mass is 16.5. The van der Waals surface area contributed by atoms with Crippen LogP contribution >= 0.6 is 0 Å². The van der Waals surface area contributed by atoms with Gasteiger partial charge in [-0.3, -0.25) is 4.79 Å². The lowest BCUT2D eigenvalue weighted by molar-refractivity contribution is -0.122.